The maximum absolute atomic E-state index is 5.51. The summed E-state index contributed by atoms with van der Waals surface area (Å²) >= 11 is 0. The van der Waals surface area contributed by atoms with Crippen LogP contribution in [0.15, 0.2) is 12.3 Å². The van der Waals surface area contributed by atoms with Gasteiger partial charge in [0.25, 0.3) is 0 Å². The first-order valence-electron chi connectivity index (χ1n) is 6.89. The highest BCUT2D eigenvalue weighted by Gasteiger charge is 2.08. The number of aryl methyl sites for hydroxylation is 1. The van der Waals surface area contributed by atoms with Crippen molar-refractivity contribution >= 4 is 11.9 Å². The molecule has 0 bridgehead atoms. The van der Waals surface area contributed by atoms with Crippen LogP contribution in [0.4, 0.5) is 11.9 Å². The van der Waals surface area contributed by atoms with Crippen molar-refractivity contribution in [3.63, 3.8) is 0 Å². The minimum atomic E-state index is 0.0133. The molecule has 0 amide bonds. The number of aromatic nitrogens is 5. The summed E-state index contributed by atoms with van der Waals surface area (Å²) in [4.78, 5) is 12.7. The van der Waals surface area contributed by atoms with E-state index in [9.17, 15) is 0 Å². The molecule has 8 nitrogen and oxygen atoms in total. The Balaban J connectivity index is 2.00. The van der Waals surface area contributed by atoms with Gasteiger partial charge in [0.2, 0.25) is 11.9 Å². The summed E-state index contributed by atoms with van der Waals surface area (Å²) in [5, 5.41) is 10.2. The molecule has 2 rings (SSSR count). The molecule has 0 aliphatic carbocycles. The number of rotatable bonds is 7. The van der Waals surface area contributed by atoms with Gasteiger partial charge in [-0.1, -0.05) is 0 Å². The second-order valence-electron chi connectivity index (χ2n) is 4.80. The standard InChI is InChI=1S/C13H21N7O/c1-9(2)21-13-18-11(14-3)17-12(19-13)15-7-5-10-6-8-16-20(10)4/h6,8-9H,5,7H2,1-4H3,(H2,14,15,17,18,19). The molecule has 0 saturated heterocycles. The molecule has 0 fully saturated rings. The molecule has 2 aromatic heterocycles. The summed E-state index contributed by atoms with van der Waals surface area (Å²) in [5.74, 6) is 0.968. The number of nitrogens with zero attached hydrogens (tertiary/aromatic N) is 5. The van der Waals surface area contributed by atoms with E-state index in [0.29, 0.717) is 24.5 Å². The zero-order valence-electron chi connectivity index (χ0n) is 12.8. The highest BCUT2D eigenvalue weighted by Crippen LogP contribution is 2.12. The Morgan fingerprint density at radius 1 is 1.24 bits per heavy atom. The molecule has 21 heavy (non-hydrogen) atoms. The Hall–Kier alpha value is -2.38. The van der Waals surface area contributed by atoms with E-state index < -0.39 is 0 Å². The number of hydrogen-bond donors (Lipinski definition) is 2. The Morgan fingerprint density at radius 2 is 2.00 bits per heavy atom. The molecule has 0 atom stereocenters. The second-order valence-corrected chi connectivity index (χ2v) is 4.80. The number of hydrogen-bond acceptors (Lipinski definition) is 7. The van der Waals surface area contributed by atoms with Crippen LogP contribution in [0.2, 0.25) is 0 Å². The average molecular weight is 291 g/mol. The fourth-order valence-electron chi connectivity index (χ4n) is 1.76. The lowest BCUT2D eigenvalue weighted by Gasteiger charge is -2.11. The summed E-state index contributed by atoms with van der Waals surface area (Å²) in [6.07, 6.45) is 2.63. The van der Waals surface area contributed by atoms with Crippen LogP contribution in [0.3, 0.4) is 0 Å². The molecule has 0 aliphatic rings. The molecule has 0 radical (unpaired) electrons. The summed E-state index contributed by atoms with van der Waals surface area (Å²) < 4.78 is 7.36. The largest absolute Gasteiger partial charge is 0.461 e. The lowest BCUT2D eigenvalue weighted by molar-refractivity contribution is 0.222. The quantitative estimate of drug-likeness (QED) is 0.789. The SMILES string of the molecule is CNc1nc(NCCc2ccnn2C)nc(OC(C)C)n1. The van der Waals surface area contributed by atoms with E-state index in [4.69, 9.17) is 4.74 Å². The van der Waals surface area contributed by atoms with Gasteiger partial charge >= 0.3 is 6.01 Å². The zero-order valence-corrected chi connectivity index (χ0v) is 12.8. The van der Waals surface area contributed by atoms with Crippen molar-refractivity contribution in [3.05, 3.63) is 18.0 Å². The molecule has 2 aromatic rings. The van der Waals surface area contributed by atoms with E-state index in [-0.39, 0.29) is 6.10 Å². The normalized spacial score (nSPS) is 10.7. The van der Waals surface area contributed by atoms with Gasteiger partial charge in [-0.25, -0.2) is 0 Å². The van der Waals surface area contributed by atoms with E-state index in [2.05, 4.69) is 30.7 Å². The van der Waals surface area contributed by atoms with Gasteiger partial charge in [-0.15, -0.1) is 0 Å². The molecule has 2 N–H and O–H groups in total. The molecular weight excluding hydrogens is 270 g/mol. The fourth-order valence-corrected chi connectivity index (χ4v) is 1.76. The molecule has 0 spiro atoms. The van der Waals surface area contributed by atoms with Crippen molar-refractivity contribution in [2.45, 2.75) is 26.4 Å². The molecule has 2 heterocycles. The lowest BCUT2D eigenvalue weighted by Crippen LogP contribution is -2.14. The van der Waals surface area contributed by atoms with E-state index in [1.54, 1.807) is 13.2 Å². The van der Waals surface area contributed by atoms with Crippen molar-refractivity contribution in [2.24, 2.45) is 7.05 Å². The van der Waals surface area contributed by atoms with Crippen molar-refractivity contribution in [2.75, 3.05) is 24.2 Å². The van der Waals surface area contributed by atoms with Crippen LogP contribution in [-0.4, -0.2) is 44.4 Å². The fraction of sp³-hybridized carbons (Fsp3) is 0.538. The van der Waals surface area contributed by atoms with Gasteiger partial charge in [0.05, 0.1) is 6.10 Å². The van der Waals surface area contributed by atoms with Crippen LogP contribution in [0.5, 0.6) is 6.01 Å². The average Bonchev–Trinajstić information content (AvgIpc) is 2.83. The highest BCUT2D eigenvalue weighted by molar-refractivity contribution is 5.35. The number of ether oxygens (including phenoxy) is 1. The van der Waals surface area contributed by atoms with E-state index in [0.717, 1.165) is 12.1 Å². The third kappa shape index (κ3) is 4.30. The summed E-state index contributed by atoms with van der Waals surface area (Å²) in [5.41, 5.74) is 1.14. The summed E-state index contributed by atoms with van der Waals surface area (Å²) in [6, 6.07) is 2.30. The molecular formula is C13H21N7O. The van der Waals surface area contributed by atoms with Crippen LogP contribution in [-0.2, 0) is 13.5 Å². The Morgan fingerprint density at radius 3 is 2.62 bits per heavy atom. The van der Waals surface area contributed by atoms with Crippen molar-refractivity contribution in [1.29, 1.82) is 0 Å². The predicted octanol–water partition coefficient (Wildman–Crippen LogP) is 1.09. The van der Waals surface area contributed by atoms with Gasteiger partial charge in [-0.2, -0.15) is 20.1 Å². The van der Waals surface area contributed by atoms with Gasteiger partial charge in [-0.3, -0.25) is 4.68 Å². The van der Waals surface area contributed by atoms with Crippen LogP contribution in [0.1, 0.15) is 19.5 Å². The van der Waals surface area contributed by atoms with Crippen LogP contribution < -0.4 is 15.4 Å². The highest BCUT2D eigenvalue weighted by atomic mass is 16.5. The smallest absolute Gasteiger partial charge is 0.323 e. The third-order valence-electron chi connectivity index (χ3n) is 2.77. The van der Waals surface area contributed by atoms with Gasteiger partial charge in [-0.05, 0) is 19.9 Å². The number of anilines is 2. The topological polar surface area (TPSA) is 89.8 Å². The minimum absolute atomic E-state index is 0.0133. The maximum Gasteiger partial charge on any atom is 0.323 e. The van der Waals surface area contributed by atoms with E-state index >= 15 is 0 Å². The summed E-state index contributed by atoms with van der Waals surface area (Å²) in [7, 11) is 3.68. The van der Waals surface area contributed by atoms with Crippen molar-refractivity contribution in [1.82, 2.24) is 24.7 Å². The number of nitrogens with one attached hydrogen (secondary N) is 2. The molecule has 0 aromatic carbocycles. The predicted molar refractivity (Wildman–Crippen MR) is 80.5 cm³/mol. The molecule has 0 aliphatic heterocycles. The maximum atomic E-state index is 5.51. The monoisotopic (exact) mass is 291 g/mol. The molecule has 0 saturated carbocycles. The zero-order chi connectivity index (χ0) is 15.2. The van der Waals surface area contributed by atoms with Gasteiger partial charge < -0.3 is 15.4 Å². The first-order chi connectivity index (χ1) is 10.1. The molecule has 114 valence electrons. The van der Waals surface area contributed by atoms with Crippen LogP contribution in [0.25, 0.3) is 0 Å². The Labute approximate surface area is 124 Å². The van der Waals surface area contributed by atoms with Gasteiger partial charge in [0, 0.05) is 39.0 Å². The Kier molecular flexibility index (Phi) is 4.91. The lowest BCUT2D eigenvalue weighted by atomic mass is 10.3. The van der Waals surface area contributed by atoms with Gasteiger partial charge in [0.1, 0.15) is 0 Å². The molecule has 0 unspecified atom stereocenters. The first kappa shape index (κ1) is 15.0. The Bertz CT molecular complexity index is 582. The van der Waals surface area contributed by atoms with Crippen LogP contribution >= 0.6 is 0 Å². The van der Waals surface area contributed by atoms with Crippen LogP contribution in [0, 0.1) is 0 Å². The van der Waals surface area contributed by atoms with Crippen molar-refractivity contribution in [3.8, 4) is 6.01 Å². The third-order valence-corrected chi connectivity index (χ3v) is 2.77. The van der Waals surface area contributed by atoms with Crippen molar-refractivity contribution < 1.29 is 4.74 Å². The van der Waals surface area contributed by atoms with E-state index in [1.165, 1.54) is 0 Å². The minimum Gasteiger partial charge on any atom is -0.461 e. The van der Waals surface area contributed by atoms with E-state index in [1.807, 2.05) is 31.6 Å². The summed E-state index contributed by atoms with van der Waals surface area (Å²) in [6.45, 7) is 4.56. The molecule has 8 heteroatoms. The van der Waals surface area contributed by atoms with Gasteiger partial charge in [0.15, 0.2) is 0 Å². The first-order valence-corrected chi connectivity index (χ1v) is 6.89. The second kappa shape index (κ2) is 6.87.